The van der Waals surface area contributed by atoms with Crippen LogP contribution in [0.15, 0.2) is 64.9 Å². The molecule has 1 aliphatic carbocycles. The van der Waals surface area contributed by atoms with Crippen LogP contribution in [0.5, 0.6) is 5.75 Å². The summed E-state index contributed by atoms with van der Waals surface area (Å²) in [7, 11) is -3.89. The summed E-state index contributed by atoms with van der Waals surface area (Å²) in [6, 6.07) is 15.6. The highest BCUT2D eigenvalue weighted by atomic mass is 35.5. The first-order valence-electron chi connectivity index (χ1n) is 11.0. The zero-order chi connectivity index (χ0) is 26.1. The maximum absolute atomic E-state index is 13.2. The van der Waals surface area contributed by atoms with Crippen LogP contribution in [0, 0.1) is 0 Å². The van der Waals surface area contributed by atoms with Crippen LogP contribution in [0.1, 0.15) is 25.3 Å². The van der Waals surface area contributed by atoms with Crippen molar-refractivity contribution in [2.24, 2.45) is 0 Å². The molecule has 0 atom stereocenters. The summed E-state index contributed by atoms with van der Waals surface area (Å²) in [5, 5.41) is 2.85. The summed E-state index contributed by atoms with van der Waals surface area (Å²) in [6.45, 7) is 1.98. The summed E-state index contributed by atoms with van der Waals surface area (Å²) in [6.07, 6.45) is -3.93. The number of carbonyl (C=O) groups is 1. The average Bonchev–Trinajstić information content (AvgIpc) is 3.49. The van der Waals surface area contributed by atoms with Gasteiger partial charge in [-0.15, -0.1) is 24.5 Å². The lowest BCUT2D eigenvalue weighted by Crippen LogP contribution is -2.51. The number of carbonyl (C=O) groups excluding carboxylic acids is 1. The van der Waals surface area contributed by atoms with E-state index in [-0.39, 0.29) is 29.0 Å². The molecule has 6 nitrogen and oxygen atoms in total. The molecular formula is C24H22ClF3N2O4S2. The molecule has 1 N–H and O–H groups in total. The molecule has 0 spiro atoms. The van der Waals surface area contributed by atoms with E-state index < -0.39 is 21.9 Å². The molecule has 1 heterocycles. The van der Waals surface area contributed by atoms with Gasteiger partial charge >= 0.3 is 6.36 Å². The van der Waals surface area contributed by atoms with Gasteiger partial charge < -0.3 is 10.1 Å². The molecule has 4 rings (SSSR count). The van der Waals surface area contributed by atoms with Crippen molar-refractivity contribution in [3.8, 4) is 16.9 Å². The van der Waals surface area contributed by atoms with Crippen molar-refractivity contribution in [2.75, 3.05) is 6.54 Å². The van der Waals surface area contributed by atoms with Crippen molar-refractivity contribution in [3.05, 3.63) is 70.6 Å². The number of thiophene rings is 1. The summed E-state index contributed by atoms with van der Waals surface area (Å²) in [4.78, 5) is 13.1. The maximum atomic E-state index is 13.2. The van der Waals surface area contributed by atoms with Gasteiger partial charge in [0, 0.05) is 13.1 Å². The fourth-order valence-corrected chi connectivity index (χ4v) is 7.41. The number of likely N-dealkylation sites (N-methyl/N-ethyl adjacent to an activating group) is 1. The first-order chi connectivity index (χ1) is 16.9. The first kappa shape index (κ1) is 26.5. The van der Waals surface area contributed by atoms with Gasteiger partial charge in [-0.2, -0.15) is 4.31 Å². The van der Waals surface area contributed by atoms with Gasteiger partial charge in [-0.3, -0.25) is 4.79 Å². The molecule has 0 saturated heterocycles. The topological polar surface area (TPSA) is 75.7 Å². The Balaban J connectivity index is 1.45. The summed E-state index contributed by atoms with van der Waals surface area (Å²) in [5.74, 6) is -0.695. The summed E-state index contributed by atoms with van der Waals surface area (Å²) in [5.41, 5.74) is 1.03. The van der Waals surface area contributed by atoms with E-state index in [9.17, 15) is 26.4 Å². The third kappa shape index (κ3) is 5.69. The number of benzene rings is 2. The minimum Gasteiger partial charge on any atom is -0.406 e. The Morgan fingerprint density at radius 1 is 1.11 bits per heavy atom. The number of ether oxygens (including phenoxy) is 1. The second-order valence-corrected chi connectivity index (χ2v) is 12.0. The first-order valence-corrected chi connectivity index (χ1v) is 13.6. The second-order valence-electron chi connectivity index (χ2n) is 8.22. The number of nitrogens with one attached hydrogen (secondary N) is 1. The molecule has 1 fully saturated rings. The molecule has 2 aromatic carbocycles. The van der Waals surface area contributed by atoms with Crippen LogP contribution >= 0.6 is 22.9 Å². The average molecular weight is 559 g/mol. The molecule has 1 saturated carbocycles. The Morgan fingerprint density at radius 2 is 1.81 bits per heavy atom. The van der Waals surface area contributed by atoms with E-state index in [1.807, 2.05) is 0 Å². The summed E-state index contributed by atoms with van der Waals surface area (Å²) >= 11 is 6.87. The van der Waals surface area contributed by atoms with Crippen molar-refractivity contribution in [1.29, 1.82) is 0 Å². The summed E-state index contributed by atoms with van der Waals surface area (Å²) < 4.78 is 69.1. The van der Waals surface area contributed by atoms with E-state index >= 15 is 0 Å². The molecule has 1 aliphatic rings. The molecular weight excluding hydrogens is 537 g/mol. The number of hydrogen-bond donors (Lipinski definition) is 1. The highest BCUT2D eigenvalue weighted by Gasteiger charge is 2.58. The van der Waals surface area contributed by atoms with Crippen molar-refractivity contribution >= 4 is 38.9 Å². The van der Waals surface area contributed by atoms with Gasteiger partial charge in [0.15, 0.2) is 0 Å². The van der Waals surface area contributed by atoms with Gasteiger partial charge in [-0.05, 0) is 59.9 Å². The SMILES string of the molecule is CCN(C1(C(=O)NCc2cccc(-c3ccc(OC(F)(F)F)cc3)c2)CC1)S(=O)(=O)c1ccc(Cl)s1. The molecule has 0 radical (unpaired) electrons. The molecule has 1 amide bonds. The molecule has 0 aliphatic heterocycles. The van der Waals surface area contributed by atoms with Crippen LogP contribution < -0.4 is 10.1 Å². The van der Waals surface area contributed by atoms with Crippen LogP contribution in [-0.2, 0) is 21.4 Å². The number of amides is 1. The van der Waals surface area contributed by atoms with Crippen LogP contribution in [0.3, 0.4) is 0 Å². The van der Waals surface area contributed by atoms with E-state index in [1.54, 1.807) is 31.2 Å². The van der Waals surface area contributed by atoms with Crippen molar-refractivity contribution in [2.45, 2.75) is 42.4 Å². The number of rotatable bonds is 9. The molecule has 1 aromatic heterocycles. The Bertz CT molecular complexity index is 1350. The number of nitrogens with zero attached hydrogens (tertiary/aromatic N) is 1. The van der Waals surface area contributed by atoms with Gasteiger partial charge in [0.2, 0.25) is 5.91 Å². The van der Waals surface area contributed by atoms with Crippen molar-refractivity contribution < 1.29 is 31.1 Å². The van der Waals surface area contributed by atoms with Crippen molar-refractivity contribution in [1.82, 2.24) is 9.62 Å². The largest absolute Gasteiger partial charge is 0.573 e. The van der Waals surface area contributed by atoms with Gasteiger partial charge in [0.05, 0.1) is 4.34 Å². The molecule has 12 heteroatoms. The normalized spacial score (nSPS) is 15.1. The van der Waals surface area contributed by atoms with E-state index in [0.717, 1.165) is 22.5 Å². The van der Waals surface area contributed by atoms with E-state index in [0.29, 0.717) is 22.7 Å². The Morgan fingerprint density at radius 3 is 2.36 bits per heavy atom. The third-order valence-electron chi connectivity index (χ3n) is 5.81. The molecule has 36 heavy (non-hydrogen) atoms. The molecule has 0 unspecified atom stereocenters. The molecule has 3 aromatic rings. The molecule has 192 valence electrons. The third-order valence-corrected chi connectivity index (χ3v) is 9.55. The minimum atomic E-state index is -4.76. The lowest BCUT2D eigenvalue weighted by molar-refractivity contribution is -0.274. The lowest BCUT2D eigenvalue weighted by atomic mass is 10.0. The zero-order valence-corrected chi connectivity index (χ0v) is 21.4. The maximum Gasteiger partial charge on any atom is 0.573 e. The van der Waals surface area contributed by atoms with Crippen molar-refractivity contribution in [3.63, 3.8) is 0 Å². The van der Waals surface area contributed by atoms with Gasteiger partial charge in [0.1, 0.15) is 15.5 Å². The second kappa shape index (κ2) is 10.0. The van der Waals surface area contributed by atoms with E-state index in [4.69, 9.17) is 11.6 Å². The fourth-order valence-electron chi connectivity index (χ4n) is 4.01. The van der Waals surface area contributed by atoms with E-state index in [2.05, 4.69) is 10.1 Å². The molecule has 0 bridgehead atoms. The van der Waals surface area contributed by atoms with Crippen LogP contribution in [-0.4, -0.2) is 37.1 Å². The fraction of sp³-hybridized carbons (Fsp3) is 0.292. The van der Waals surface area contributed by atoms with Gasteiger partial charge in [-0.1, -0.05) is 48.9 Å². The Labute approximate surface area is 215 Å². The number of sulfonamides is 1. The quantitative estimate of drug-likeness (QED) is 0.359. The monoisotopic (exact) mass is 558 g/mol. The Kier molecular flexibility index (Phi) is 7.38. The van der Waals surface area contributed by atoms with Crippen LogP contribution in [0.25, 0.3) is 11.1 Å². The van der Waals surface area contributed by atoms with Crippen LogP contribution in [0.2, 0.25) is 4.34 Å². The smallest absolute Gasteiger partial charge is 0.406 e. The minimum absolute atomic E-state index is 0.0905. The number of halogens is 4. The van der Waals surface area contributed by atoms with Gasteiger partial charge in [-0.25, -0.2) is 8.42 Å². The van der Waals surface area contributed by atoms with Gasteiger partial charge in [0.25, 0.3) is 10.0 Å². The number of hydrogen-bond acceptors (Lipinski definition) is 5. The lowest BCUT2D eigenvalue weighted by Gasteiger charge is -2.28. The Hall–Kier alpha value is -2.60. The highest BCUT2D eigenvalue weighted by Crippen LogP contribution is 2.45. The van der Waals surface area contributed by atoms with Crippen LogP contribution in [0.4, 0.5) is 13.2 Å². The predicted octanol–water partition coefficient (Wildman–Crippen LogP) is 5.83. The predicted molar refractivity (Wildman–Crippen MR) is 131 cm³/mol. The standard InChI is InChI=1S/C24H22ClF3N2O4S2/c1-2-30(36(32,33)21-11-10-20(25)35-21)23(12-13-23)22(31)29-15-16-4-3-5-18(14-16)17-6-8-19(9-7-17)34-24(26,27)28/h3-11,14H,2,12-13,15H2,1H3,(H,29,31). The highest BCUT2D eigenvalue weighted by molar-refractivity contribution is 7.91. The number of alkyl halides is 3. The zero-order valence-electron chi connectivity index (χ0n) is 19.0. The van der Waals surface area contributed by atoms with E-state index in [1.165, 1.54) is 40.7 Å².